The van der Waals surface area contributed by atoms with Crippen LogP contribution in [0.15, 0.2) is 53.0 Å². The Morgan fingerprint density at radius 3 is 2.55 bits per heavy atom. The molecule has 4 heteroatoms. The monoisotopic (exact) mass is 335 g/mol. The van der Waals surface area contributed by atoms with Gasteiger partial charge in [0.25, 0.3) is 0 Å². The molecule has 1 unspecified atom stereocenters. The van der Waals surface area contributed by atoms with Gasteiger partial charge in [0.05, 0.1) is 10.6 Å². The Morgan fingerprint density at radius 1 is 1.05 bits per heavy atom. The van der Waals surface area contributed by atoms with E-state index in [9.17, 15) is 10.2 Å². The highest BCUT2D eigenvalue weighted by atomic mass is 79.9. The molecule has 0 aliphatic heterocycles. The van der Waals surface area contributed by atoms with Crippen molar-refractivity contribution in [3.8, 4) is 5.75 Å². The van der Waals surface area contributed by atoms with Gasteiger partial charge in [-0.1, -0.05) is 42.5 Å². The van der Waals surface area contributed by atoms with Crippen LogP contribution in [-0.4, -0.2) is 22.9 Å². The summed E-state index contributed by atoms with van der Waals surface area (Å²) < 4.78 is 0.682. The number of halogens is 1. The SMILES string of the molecule is Oc1c(Br)cccc1CNCC(O)Cc1ccccc1. The summed E-state index contributed by atoms with van der Waals surface area (Å²) in [6.07, 6.45) is 0.185. The molecule has 2 aromatic rings. The fraction of sp³-hybridized carbons (Fsp3) is 0.250. The Hall–Kier alpha value is -1.36. The zero-order chi connectivity index (χ0) is 14.4. The third kappa shape index (κ3) is 4.34. The van der Waals surface area contributed by atoms with Crippen molar-refractivity contribution in [2.24, 2.45) is 0 Å². The largest absolute Gasteiger partial charge is 0.506 e. The zero-order valence-corrected chi connectivity index (χ0v) is 12.7. The fourth-order valence-electron chi connectivity index (χ4n) is 2.03. The van der Waals surface area contributed by atoms with Gasteiger partial charge in [-0.05, 0) is 34.0 Å². The van der Waals surface area contributed by atoms with Gasteiger partial charge in [-0.25, -0.2) is 0 Å². The van der Waals surface area contributed by atoms with Gasteiger partial charge in [0.2, 0.25) is 0 Å². The van der Waals surface area contributed by atoms with E-state index >= 15 is 0 Å². The summed E-state index contributed by atoms with van der Waals surface area (Å²) in [6.45, 7) is 1.01. The minimum atomic E-state index is -0.438. The highest BCUT2D eigenvalue weighted by Gasteiger charge is 2.07. The van der Waals surface area contributed by atoms with E-state index in [0.717, 1.165) is 11.1 Å². The van der Waals surface area contributed by atoms with Crippen molar-refractivity contribution in [2.75, 3.05) is 6.54 Å². The molecule has 2 rings (SSSR count). The number of aliphatic hydroxyl groups excluding tert-OH is 1. The highest BCUT2D eigenvalue weighted by Crippen LogP contribution is 2.27. The van der Waals surface area contributed by atoms with Crippen molar-refractivity contribution in [2.45, 2.75) is 19.1 Å². The Kier molecular flexibility index (Phi) is 5.59. The van der Waals surface area contributed by atoms with Crippen LogP contribution in [0.3, 0.4) is 0 Å². The maximum Gasteiger partial charge on any atom is 0.134 e. The molecule has 0 aromatic heterocycles. The number of phenolic OH excluding ortho intramolecular Hbond substituents is 1. The summed E-state index contributed by atoms with van der Waals surface area (Å²) >= 11 is 3.28. The lowest BCUT2D eigenvalue weighted by atomic mass is 10.1. The summed E-state index contributed by atoms with van der Waals surface area (Å²) in [6, 6.07) is 15.4. The van der Waals surface area contributed by atoms with Crippen LogP contribution in [-0.2, 0) is 13.0 Å². The van der Waals surface area contributed by atoms with E-state index in [1.54, 1.807) is 6.07 Å². The lowest BCUT2D eigenvalue weighted by Crippen LogP contribution is -2.28. The van der Waals surface area contributed by atoms with Gasteiger partial charge < -0.3 is 15.5 Å². The molecule has 0 aliphatic carbocycles. The molecule has 0 spiro atoms. The summed E-state index contributed by atoms with van der Waals surface area (Å²) in [7, 11) is 0. The normalized spacial score (nSPS) is 12.3. The number of hydrogen-bond acceptors (Lipinski definition) is 3. The summed E-state index contributed by atoms with van der Waals surface area (Å²) in [4.78, 5) is 0. The van der Waals surface area contributed by atoms with E-state index < -0.39 is 6.10 Å². The van der Waals surface area contributed by atoms with E-state index in [4.69, 9.17) is 0 Å². The minimum absolute atomic E-state index is 0.248. The van der Waals surface area contributed by atoms with Crippen LogP contribution in [0, 0.1) is 0 Å². The third-order valence-corrected chi connectivity index (χ3v) is 3.72. The molecule has 0 saturated carbocycles. The van der Waals surface area contributed by atoms with Crippen LogP contribution in [0.5, 0.6) is 5.75 Å². The molecule has 20 heavy (non-hydrogen) atoms. The van der Waals surface area contributed by atoms with Crippen molar-refractivity contribution in [1.82, 2.24) is 5.32 Å². The van der Waals surface area contributed by atoms with Crippen LogP contribution >= 0.6 is 15.9 Å². The topological polar surface area (TPSA) is 52.5 Å². The first-order chi connectivity index (χ1) is 9.66. The Balaban J connectivity index is 1.79. The van der Waals surface area contributed by atoms with Gasteiger partial charge in [-0.15, -0.1) is 0 Å². The molecule has 0 fully saturated rings. The number of rotatable bonds is 6. The average molecular weight is 336 g/mol. The third-order valence-electron chi connectivity index (χ3n) is 3.08. The Bertz CT molecular complexity index is 545. The van der Waals surface area contributed by atoms with E-state index in [1.807, 2.05) is 42.5 Å². The van der Waals surface area contributed by atoms with E-state index in [2.05, 4.69) is 21.2 Å². The van der Waals surface area contributed by atoms with Gasteiger partial charge in [-0.3, -0.25) is 0 Å². The van der Waals surface area contributed by atoms with Gasteiger partial charge in [0.1, 0.15) is 5.75 Å². The fourth-order valence-corrected chi connectivity index (χ4v) is 2.44. The number of para-hydroxylation sites is 1. The molecule has 0 amide bonds. The molecular formula is C16H18BrNO2. The lowest BCUT2D eigenvalue weighted by Gasteiger charge is -2.13. The summed E-state index contributed by atoms with van der Waals surface area (Å²) in [5, 5.41) is 23.0. The van der Waals surface area contributed by atoms with Crippen LogP contribution in [0.1, 0.15) is 11.1 Å². The van der Waals surface area contributed by atoms with Crippen LogP contribution < -0.4 is 5.32 Å². The summed E-state index contributed by atoms with van der Waals surface area (Å²) in [5.74, 6) is 0.248. The van der Waals surface area contributed by atoms with Crippen molar-refractivity contribution < 1.29 is 10.2 Å². The predicted octanol–water partition coefficient (Wildman–Crippen LogP) is 2.85. The first-order valence-electron chi connectivity index (χ1n) is 6.56. The molecule has 0 saturated heterocycles. The number of benzene rings is 2. The molecule has 0 radical (unpaired) electrons. The first-order valence-corrected chi connectivity index (χ1v) is 7.35. The smallest absolute Gasteiger partial charge is 0.134 e. The molecule has 1 atom stereocenters. The molecule has 3 nitrogen and oxygen atoms in total. The van der Waals surface area contributed by atoms with Crippen molar-refractivity contribution in [1.29, 1.82) is 0 Å². The second-order valence-electron chi connectivity index (χ2n) is 4.72. The number of aromatic hydroxyl groups is 1. The second kappa shape index (κ2) is 7.43. The number of hydrogen-bond donors (Lipinski definition) is 3. The Morgan fingerprint density at radius 2 is 1.80 bits per heavy atom. The molecule has 3 N–H and O–H groups in total. The quantitative estimate of drug-likeness (QED) is 0.760. The Labute approximate surface area is 127 Å². The predicted molar refractivity (Wildman–Crippen MR) is 83.7 cm³/mol. The molecule has 0 heterocycles. The standard InChI is InChI=1S/C16H18BrNO2/c17-15-8-4-7-13(16(15)20)10-18-11-14(19)9-12-5-2-1-3-6-12/h1-8,14,18-20H,9-11H2. The van der Waals surface area contributed by atoms with E-state index in [0.29, 0.717) is 24.0 Å². The van der Waals surface area contributed by atoms with Gasteiger partial charge in [0, 0.05) is 18.7 Å². The maximum absolute atomic E-state index is 9.97. The van der Waals surface area contributed by atoms with Crippen LogP contribution in [0.2, 0.25) is 0 Å². The van der Waals surface area contributed by atoms with Crippen LogP contribution in [0.25, 0.3) is 0 Å². The van der Waals surface area contributed by atoms with Crippen molar-refractivity contribution in [3.05, 3.63) is 64.1 Å². The molecular weight excluding hydrogens is 318 g/mol. The van der Waals surface area contributed by atoms with Crippen LogP contribution in [0.4, 0.5) is 0 Å². The zero-order valence-electron chi connectivity index (χ0n) is 11.1. The molecule has 0 aliphatic rings. The summed E-state index contributed by atoms with van der Waals surface area (Å²) in [5.41, 5.74) is 1.93. The number of nitrogens with one attached hydrogen (secondary N) is 1. The first kappa shape index (κ1) is 15.0. The van der Waals surface area contributed by atoms with Crippen molar-refractivity contribution in [3.63, 3.8) is 0 Å². The van der Waals surface area contributed by atoms with Gasteiger partial charge >= 0.3 is 0 Å². The second-order valence-corrected chi connectivity index (χ2v) is 5.58. The van der Waals surface area contributed by atoms with E-state index in [1.165, 1.54) is 0 Å². The number of aliphatic hydroxyl groups is 1. The molecule has 0 bridgehead atoms. The van der Waals surface area contributed by atoms with E-state index in [-0.39, 0.29) is 5.75 Å². The minimum Gasteiger partial charge on any atom is -0.506 e. The lowest BCUT2D eigenvalue weighted by molar-refractivity contribution is 0.171. The van der Waals surface area contributed by atoms with Gasteiger partial charge in [0.15, 0.2) is 0 Å². The average Bonchev–Trinajstić information content (AvgIpc) is 2.44. The highest BCUT2D eigenvalue weighted by molar-refractivity contribution is 9.10. The maximum atomic E-state index is 9.97. The van der Waals surface area contributed by atoms with Gasteiger partial charge in [-0.2, -0.15) is 0 Å². The van der Waals surface area contributed by atoms with Crippen molar-refractivity contribution >= 4 is 15.9 Å². The number of phenols is 1. The molecule has 106 valence electrons. The molecule has 2 aromatic carbocycles.